The van der Waals surface area contributed by atoms with Crippen LogP contribution in [0.2, 0.25) is 0 Å². The maximum Gasteiger partial charge on any atom is 0.317 e. The van der Waals surface area contributed by atoms with Gasteiger partial charge in [0.05, 0.1) is 0 Å². The van der Waals surface area contributed by atoms with Crippen LogP contribution >= 0.6 is 11.8 Å². The Balaban J connectivity index is 2.78. The third kappa shape index (κ3) is 4.60. The van der Waals surface area contributed by atoms with Crippen LogP contribution in [0.15, 0.2) is 16.0 Å². The van der Waals surface area contributed by atoms with Gasteiger partial charge >= 0.3 is 5.97 Å². The van der Waals surface area contributed by atoms with Crippen molar-refractivity contribution in [3.8, 4) is 0 Å². The maximum atomic E-state index is 11.2. The van der Waals surface area contributed by atoms with Gasteiger partial charge in [0.15, 0.2) is 5.16 Å². The fourth-order valence-corrected chi connectivity index (χ4v) is 2.38. The van der Waals surface area contributed by atoms with E-state index in [1.807, 2.05) is 6.92 Å². The molecule has 0 radical (unpaired) electrons. The van der Waals surface area contributed by atoms with Crippen molar-refractivity contribution in [1.82, 2.24) is 9.97 Å². The average molecular weight is 256 g/mol. The molecular formula is C11H16N2O3S. The van der Waals surface area contributed by atoms with Crippen LogP contribution in [-0.2, 0) is 4.79 Å². The van der Waals surface area contributed by atoms with Crippen LogP contribution in [-0.4, -0.2) is 26.3 Å². The first-order valence-electron chi connectivity index (χ1n) is 5.50. The Bertz CT molecular complexity index is 445. The van der Waals surface area contributed by atoms with E-state index in [0.717, 1.165) is 24.6 Å². The summed E-state index contributed by atoms with van der Waals surface area (Å²) in [6, 6.07) is 1.38. The highest BCUT2D eigenvalue weighted by Gasteiger charge is 2.19. The molecule has 0 fully saturated rings. The van der Waals surface area contributed by atoms with E-state index in [0.29, 0.717) is 17.3 Å². The topological polar surface area (TPSA) is 83.0 Å². The zero-order chi connectivity index (χ0) is 12.8. The molecule has 0 saturated carbocycles. The third-order valence-electron chi connectivity index (χ3n) is 2.20. The maximum absolute atomic E-state index is 11.2. The monoisotopic (exact) mass is 256 g/mol. The number of hydrogen-bond donors (Lipinski definition) is 2. The Morgan fingerprint density at radius 1 is 1.65 bits per heavy atom. The molecular weight excluding hydrogens is 240 g/mol. The number of aliphatic carboxylic acids is 1. The number of aromatic nitrogens is 2. The predicted molar refractivity (Wildman–Crippen MR) is 66.4 cm³/mol. The number of H-pyrrole nitrogens is 1. The lowest BCUT2D eigenvalue weighted by molar-refractivity contribution is -0.136. The van der Waals surface area contributed by atoms with Crippen molar-refractivity contribution >= 4 is 17.7 Å². The van der Waals surface area contributed by atoms with Crippen molar-refractivity contribution in [1.29, 1.82) is 0 Å². The van der Waals surface area contributed by atoms with E-state index in [4.69, 9.17) is 5.11 Å². The number of carboxylic acid groups (broad SMARTS) is 1. The van der Waals surface area contributed by atoms with Crippen LogP contribution < -0.4 is 5.56 Å². The number of carbonyl (C=O) groups is 1. The van der Waals surface area contributed by atoms with Gasteiger partial charge in [-0.2, -0.15) is 0 Å². The fourth-order valence-electron chi connectivity index (χ4n) is 1.36. The van der Waals surface area contributed by atoms with Gasteiger partial charge in [0.25, 0.3) is 5.56 Å². The molecule has 0 amide bonds. The molecule has 0 spiro atoms. The summed E-state index contributed by atoms with van der Waals surface area (Å²) in [6.45, 7) is 3.72. The zero-order valence-corrected chi connectivity index (χ0v) is 10.7. The Kier molecular flexibility index (Phi) is 5.21. The van der Waals surface area contributed by atoms with E-state index in [9.17, 15) is 9.59 Å². The molecule has 0 aromatic carbocycles. The summed E-state index contributed by atoms with van der Waals surface area (Å²) in [5.74, 6) is -0.868. The van der Waals surface area contributed by atoms with Crippen molar-refractivity contribution in [2.75, 3.05) is 0 Å². The summed E-state index contributed by atoms with van der Waals surface area (Å²) < 4.78 is 0. The lowest BCUT2D eigenvalue weighted by Crippen LogP contribution is -2.18. The second-order valence-electron chi connectivity index (χ2n) is 3.78. The highest BCUT2D eigenvalue weighted by atomic mass is 32.2. The third-order valence-corrected chi connectivity index (χ3v) is 3.34. The number of aromatic amines is 1. The molecule has 1 atom stereocenters. The Hall–Kier alpha value is -1.30. The second-order valence-corrected chi connectivity index (χ2v) is 4.97. The molecule has 0 bridgehead atoms. The number of nitrogens with zero attached hydrogens (tertiary/aromatic N) is 1. The molecule has 0 aliphatic heterocycles. The van der Waals surface area contributed by atoms with Gasteiger partial charge in [-0.15, -0.1) is 0 Å². The molecule has 94 valence electrons. The van der Waals surface area contributed by atoms with Gasteiger partial charge in [-0.25, -0.2) is 4.98 Å². The van der Waals surface area contributed by atoms with Crippen LogP contribution in [0.5, 0.6) is 0 Å². The molecule has 1 rings (SSSR count). The summed E-state index contributed by atoms with van der Waals surface area (Å²) in [4.78, 5) is 28.9. The molecule has 6 heteroatoms. The van der Waals surface area contributed by atoms with Gasteiger partial charge in [-0.05, 0) is 13.3 Å². The lowest BCUT2D eigenvalue weighted by atomic mass is 10.2. The van der Waals surface area contributed by atoms with Crippen molar-refractivity contribution in [2.24, 2.45) is 0 Å². The van der Waals surface area contributed by atoms with Crippen molar-refractivity contribution in [3.05, 3.63) is 22.1 Å². The van der Waals surface area contributed by atoms with Crippen molar-refractivity contribution in [2.45, 2.75) is 43.5 Å². The number of nitrogens with one attached hydrogen (secondary N) is 1. The Morgan fingerprint density at radius 3 is 2.88 bits per heavy atom. The second kappa shape index (κ2) is 6.44. The number of aryl methyl sites for hydroxylation is 1. The summed E-state index contributed by atoms with van der Waals surface area (Å²) in [6.07, 6.45) is 2.37. The molecule has 5 nitrogen and oxygen atoms in total. The fraction of sp³-hybridized carbons (Fsp3) is 0.545. The first-order chi connectivity index (χ1) is 8.02. The molecule has 0 aliphatic carbocycles. The van der Waals surface area contributed by atoms with E-state index in [1.54, 1.807) is 6.92 Å². The molecule has 0 saturated heterocycles. The molecule has 0 unspecified atom stereocenters. The number of hydrogen-bond acceptors (Lipinski definition) is 4. The van der Waals surface area contributed by atoms with Crippen molar-refractivity contribution in [3.63, 3.8) is 0 Å². The Morgan fingerprint density at radius 2 is 2.35 bits per heavy atom. The standard InChI is InChI=1S/C11H16N2O3S/c1-3-4-5-8(10(15)16)17-11-12-7(2)6-9(14)13-11/h6,8H,3-5H2,1-2H3,(H,15,16)(H,12,13,14)/t8-/m1/s1. The summed E-state index contributed by atoms with van der Waals surface area (Å²) in [5.41, 5.74) is 0.343. The van der Waals surface area contributed by atoms with E-state index in [1.165, 1.54) is 6.07 Å². The highest BCUT2D eigenvalue weighted by Crippen LogP contribution is 2.23. The summed E-state index contributed by atoms with van der Waals surface area (Å²) in [5, 5.41) is 8.88. The normalized spacial score (nSPS) is 12.4. The number of thioether (sulfide) groups is 1. The van der Waals surface area contributed by atoms with Crippen LogP contribution in [0.3, 0.4) is 0 Å². The minimum atomic E-state index is -0.868. The first-order valence-corrected chi connectivity index (χ1v) is 6.38. The van der Waals surface area contributed by atoms with Gasteiger partial charge < -0.3 is 10.1 Å². The first kappa shape index (κ1) is 13.8. The number of rotatable bonds is 6. The molecule has 17 heavy (non-hydrogen) atoms. The van der Waals surface area contributed by atoms with Crippen LogP contribution in [0.25, 0.3) is 0 Å². The van der Waals surface area contributed by atoms with Crippen LogP contribution in [0, 0.1) is 6.92 Å². The molecule has 2 N–H and O–H groups in total. The van der Waals surface area contributed by atoms with Gasteiger partial charge in [0, 0.05) is 11.8 Å². The molecule has 1 aromatic heterocycles. The smallest absolute Gasteiger partial charge is 0.317 e. The van der Waals surface area contributed by atoms with Gasteiger partial charge in [-0.1, -0.05) is 31.5 Å². The molecule has 1 heterocycles. The van der Waals surface area contributed by atoms with E-state index >= 15 is 0 Å². The van der Waals surface area contributed by atoms with Crippen LogP contribution in [0.4, 0.5) is 0 Å². The molecule has 1 aromatic rings. The average Bonchev–Trinajstić information content (AvgIpc) is 2.22. The van der Waals surface area contributed by atoms with Gasteiger partial charge in [0.1, 0.15) is 5.25 Å². The quantitative estimate of drug-likeness (QED) is 0.599. The summed E-state index contributed by atoms with van der Waals surface area (Å²) in [7, 11) is 0. The highest BCUT2D eigenvalue weighted by molar-refractivity contribution is 8.00. The minimum Gasteiger partial charge on any atom is -0.480 e. The molecule has 0 aliphatic rings. The van der Waals surface area contributed by atoms with Gasteiger partial charge in [-0.3, -0.25) is 9.59 Å². The minimum absolute atomic E-state index is 0.250. The number of unbranched alkanes of at least 4 members (excludes halogenated alkanes) is 1. The zero-order valence-electron chi connectivity index (χ0n) is 9.90. The largest absolute Gasteiger partial charge is 0.480 e. The number of carboxylic acids is 1. The lowest BCUT2D eigenvalue weighted by Gasteiger charge is -2.10. The van der Waals surface area contributed by atoms with E-state index in [-0.39, 0.29) is 5.56 Å². The predicted octanol–water partition coefficient (Wildman–Crippen LogP) is 1.81. The van der Waals surface area contributed by atoms with Gasteiger partial charge in [0.2, 0.25) is 0 Å². The SMILES string of the molecule is CCCC[C@@H](Sc1nc(C)cc(=O)[nH]1)C(=O)O. The van der Waals surface area contributed by atoms with E-state index < -0.39 is 11.2 Å². The summed E-state index contributed by atoms with van der Waals surface area (Å²) >= 11 is 1.10. The Labute approximate surface area is 104 Å². The van der Waals surface area contributed by atoms with Crippen LogP contribution in [0.1, 0.15) is 31.9 Å². The van der Waals surface area contributed by atoms with E-state index in [2.05, 4.69) is 9.97 Å². The van der Waals surface area contributed by atoms with Crippen molar-refractivity contribution < 1.29 is 9.90 Å².